The Balaban J connectivity index is 1.64. The Kier molecular flexibility index (Phi) is 3.40. The Morgan fingerprint density at radius 2 is 2.19 bits per heavy atom. The van der Waals surface area contributed by atoms with Crippen LogP contribution in [0.1, 0.15) is 5.69 Å². The third-order valence-electron chi connectivity index (χ3n) is 4.38. The topological polar surface area (TPSA) is 113 Å². The predicted molar refractivity (Wildman–Crippen MR) is 101 cm³/mol. The summed E-state index contributed by atoms with van der Waals surface area (Å²) in [6.07, 6.45) is 5.41. The van der Waals surface area contributed by atoms with E-state index in [0.29, 0.717) is 0 Å². The highest BCUT2D eigenvalue weighted by atomic mass is 32.1. The fraction of sp³-hybridized carbons (Fsp3) is 0.250. The van der Waals surface area contributed by atoms with E-state index in [1.165, 1.54) is 11.5 Å². The van der Waals surface area contributed by atoms with Gasteiger partial charge in [-0.05, 0) is 24.5 Å². The fourth-order valence-corrected chi connectivity index (χ4v) is 3.72. The van der Waals surface area contributed by atoms with Gasteiger partial charge in [-0.25, -0.2) is 4.98 Å². The number of aryl methyl sites for hydroxylation is 1. The zero-order valence-corrected chi connectivity index (χ0v) is 14.9. The summed E-state index contributed by atoms with van der Waals surface area (Å²) in [5.41, 5.74) is 9.58. The summed E-state index contributed by atoms with van der Waals surface area (Å²) in [4.78, 5) is 7.00. The highest BCUT2D eigenvalue weighted by Gasteiger charge is 2.26. The monoisotopic (exact) mass is 367 g/mol. The van der Waals surface area contributed by atoms with E-state index in [2.05, 4.69) is 29.9 Å². The average molecular weight is 367 g/mol. The van der Waals surface area contributed by atoms with Gasteiger partial charge in [-0.15, -0.1) is 0 Å². The maximum Gasteiger partial charge on any atom is 0.167 e. The molecule has 0 radical (unpaired) electrons. The quantitative estimate of drug-likeness (QED) is 0.504. The smallest absolute Gasteiger partial charge is 0.167 e. The van der Waals surface area contributed by atoms with Crippen molar-refractivity contribution >= 4 is 33.8 Å². The molecule has 0 atom stereocenters. The fourth-order valence-electron chi connectivity index (χ4n) is 3.05. The van der Waals surface area contributed by atoms with Gasteiger partial charge in [0.15, 0.2) is 5.65 Å². The maximum atomic E-state index is 5.95. The van der Waals surface area contributed by atoms with E-state index in [1.807, 2.05) is 31.5 Å². The summed E-state index contributed by atoms with van der Waals surface area (Å²) < 4.78 is 6.13. The molecular weight excluding hydrogens is 350 g/mol. The van der Waals surface area contributed by atoms with Crippen LogP contribution in [0, 0.1) is 6.92 Å². The summed E-state index contributed by atoms with van der Waals surface area (Å²) in [5, 5.41) is 15.8. The molecule has 0 aliphatic carbocycles. The number of nitrogens with zero attached hydrogens (tertiary/aromatic N) is 6. The number of nitrogens with two attached hydrogens (primary N) is 1. The molecule has 0 unspecified atom stereocenters. The third kappa shape index (κ3) is 2.50. The number of aromatic amines is 1. The molecule has 5 heterocycles. The Morgan fingerprint density at radius 3 is 2.88 bits per heavy atom. The second kappa shape index (κ2) is 5.78. The summed E-state index contributed by atoms with van der Waals surface area (Å²) in [5.74, 6) is 1.72. The van der Waals surface area contributed by atoms with Crippen molar-refractivity contribution in [3.63, 3.8) is 0 Å². The van der Waals surface area contributed by atoms with Gasteiger partial charge >= 0.3 is 0 Å². The molecule has 0 bridgehead atoms. The molecule has 132 valence electrons. The molecule has 26 heavy (non-hydrogen) atoms. The molecule has 1 saturated heterocycles. The molecule has 0 saturated carbocycles. The minimum Gasteiger partial charge on any atom is -0.353 e. The van der Waals surface area contributed by atoms with Crippen LogP contribution < -0.4 is 16.0 Å². The van der Waals surface area contributed by atoms with Crippen LogP contribution in [0.4, 0.5) is 16.6 Å². The van der Waals surface area contributed by atoms with Crippen LogP contribution in [-0.4, -0.2) is 48.3 Å². The molecule has 0 spiro atoms. The van der Waals surface area contributed by atoms with E-state index in [4.69, 9.17) is 10.7 Å². The summed E-state index contributed by atoms with van der Waals surface area (Å²) >= 11 is 1.42. The van der Waals surface area contributed by atoms with Crippen molar-refractivity contribution in [2.45, 2.75) is 13.0 Å². The minimum atomic E-state index is 0.201. The molecular formula is C16H17N9S. The second-order valence-electron chi connectivity index (χ2n) is 6.40. The Hall–Kier alpha value is -2.98. The molecule has 1 aliphatic rings. The molecule has 4 N–H and O–H groups in total. The van der Waals surface area contributed by atoms with Crippen molar-refractivity contribution in [3.8, 4) is 11.1 Å². The predicted octanol–water partition coefficient (Wildman–Crippen LogP) is 1.78. The van der Waals surface area contributed by atoms with Gasteiger partial charge in [-0.3, -0.25) is 5.10 Å². The minimum absolute atomic E-state index is 0.201. The van der Waals surface area contributed by atoms with Gasteiger partial charge in [-0.1, -0.05) is 0 Å². The van der Waals surface area contributed by atoms with Crippen LogP contribution in [-0.2, 0) is 0 Å². The number of fused-ring (bicyclic) bond motifs is 1. The van der Waals surface area contributed by atoms with E-state index in [1.54, 1.807) is 10.7 Å². The Morgan fingerprint density at radius 1 is 1.31 bits per heavy atom. The molecule has 1 aliphatic heterocycles. The summed E-state index contributed by atoms with van der Waals surface area (Å²) in [7, 11) is 0. The van der Waals surface area contributed by atoms with E-state index in [0.717, 1.165) is 52.2 Å². The first-order valence-electron chi connectivity index (χ1n) is 8.26. The van der Waals surface area contributed by atoms with Crippen molar-refractivity contribution < 1.29 is 0 Å². The van der Waals surface area contributed by atoms with Gasteiger partial charge < -0.3 is 16.0 Å². The van der Waals surface area contributed by atoms with Crippen LogP contribution in [0.2, 0.25) is 0 Å². The number of nitrogens with one attached hydrogen (secondary N) is 2. The van der Waals surface area contributed by atoms with Crippen molar-refractivity contribution in [1.29, 1.82) is 0 Å². The SMILES string of the molecule is Cc1cc(Nc2cc(N3CC(N)C3)nc3c(-c4cn[nH]c4)cnn23)sn1. The van der Waals surface area contributed by atoms with Gasteiger partial charge in [0.05, 0.1) is 18.1 Å². The van der Waals surface area contributed by atoms with E-state index >= 15 is 0 Å². The lowest BCUT2D eigenvalue weighted by Crippen LogP contribution is -2.56. The second-order valence-corrected chi connectivity index (χ2v) is 7.21. The summed E-state index contributed by atoms with van der Waals surface area (Å²) in [6.45, 7) is 3.58. The third-order valence-corrected chi connectivity index (χ3v) is 5.18. The number of anilines is 3. The molecule has 4 aromatic rings. The van der Waals surface area contributed by atoms with E-state index in [-0.39, 0.29) is 6.04 Å². The largest absolute Gasteiger partial charge is 0.353 e. The number of hydrogen-bond donors (Lipinski definition) is 3. The lowest BCUT2D eigenvalue weighted by atomic mass is 10.1. The van der Waals surface area contributed by atoms with Crippen LogP contribution in [0.25, 0.3) is 16.8 Å². The van der Waals surface area contributed by atoms with Crippen molar-refractivity contribution in [3.05, 3.63) is 36.4 Å². The lowest BCUT2D eigenvalue weighted by molar-refractivity contribution is 0.514. The van der Waals surface area contributed by atoms with Crippen molar-refractivity contribution in [1.82, 2.24) is 29.2 Å². The lowest BCUT2D eigenvalue weighted by Gasteiger charge is -2.38. The highest BCUT2D eigenvalue weighted by molar-refractivity contribution is 7.10. The van der Waals surface area contributed by atoms with Crippen molar-refractivity contribution in [2.24, 2.45) is 5.73 Å². The number of H-pyrrole nitrogens is 1. The van der Waals surface area contributed by atoms with Gasteiger partial charge in [0, 0.05) is 42.5 Å². The zero-order chi connectivity index (χ0) is 17.7. The first-order valence-corrected chi connectivity index (χ1v) is 9.03. The van der Waals surface area contributed by atoms with Gasteiger partial charge in [0.25, 0.3) is 0 Å². The number of aromatic nitrogens is 6. The molecule has 1 fully saturated rings. The zero-order valence-electron chi connectivity index (χ0n) is 14.0. The van der Waals surface area contributed by atoms with Crippen LogP contribution >= 0.6 is 11.5 Å². The van der Waals surface area contributed by atoms with E-state index < -0.39 is 0 Å². The molecule has 4 aromatic heterocycles. The Labute approximate surface area is 153 Å². The van der Waals surface area contributed by atoms with Crippen LogP contribution in [0.5, 0.6) is 0 Å². The molecule has 0 amide bonds. The van der Waals surface area contributed by atoms with Crippen LogP contribution in [0.3, 0.4) is 0 Å². The molecule has 9 nitrogen and oxygen atoms in total. The first-order chi connectivity index (χ1) is 12.7. The average Bonchev–Trinajstić information content (AvgIpc) is 3.32. The standard InChI is InChI=1S/C16H17N9S/c1-9-2-15(26-23-9)21-14-3-13(24-7-11(17)8-24)22-16-12(6-20-25(14)16)10-4-18-19-5-10/h2-6,11,21H,7-8,17H2,1H3,(H,18,19). The summed E-state index contributed by atoms with van der Waals surface area (Å²) in [6, 6.07) is 4.21. The normalized spacial score (nSPS) is 14.8. The van der Waals surface area contributed by atoms with E-state index in [9.17, 15) is 0 Å². The molecule has 5 rings (SSSR count). The van der Waals surface area contributed by atoms with Gasteiger partial charge in [0.2, 0.25) is 0 Å². The number of hydrogen-bond acceptors (Lipinski definition) is 8. The number of rotatable bonds is 4. The maximum absolute atomic E-state index is 5.95. The van der Waals surface area contributed by atoms with Crippen molar-refractivity contribution in [2.75, 3.05) is 23.3 Å². The Bertz CT molecular complexity index is 1060. The molecule has 0 aromatic carbocycles. The first kappa shape index (κ1) is 15.3. The molecule has 10 heteroatoms. The highest BCUT2D eigenvalue weighted by Crippen LogP contribution is 2.31. The van der Waals surface area contributed by atoms with Gasteiger partial charge in [0.1, 0.15) is 16.6 Å². The van der Waals surface area contributed by atoms with Crippen LogP contribution in [0.15, 0.2) is 30.7 Å². The van der Waals surface area contributed by atoms with Gasteiger partial charge in [-0.2, -0.15) is 19.1 Å².